The molecule has 0 aromatic heterocycles. The topological polar surface area (TPSA) is 94.8 Å². The molecule has 0 aliphatic rings. The van der Waals surface area contributed by atoms with Gasteiger partial charge in [-0.1, -0.05) is 368 Å². The SMILES string of the molecule is CCCCCCCCCCCCCCCCC(CCCCCCCCCCCCCC)C(=O)O.CCCCCCCCCCCCCCCCCC(=O)O.CCCCCCCCCCCCCCCCO. The number of rotatable bonds is 59. The third kappa shape index (κ3) is 75.5. The van der Waals surface area contributed by atoms with Crippen LogP contribution in [0.2, 0.25) is 0 Å². The van der Waals surface area contributed by atoms with Crippen molar-refractivity contribution in [1.82, 2.24) is 0 Å². The summed E-state index contributed by atoms with van der Waals surface area (Å²) in [4.78, 5) is 21.9. The van der Waals surface area contributed by atoms with Crippen LogP contribution in [-0.2, 0) is 9.59 Å². The second-order valence-corrected chi connectivity index (χ2v) is 22.5. The summed E-state index contributed by atoms with van der Waals surface area (Å²) in [5.41, 5.74) is 0. The summed E-state index contributed by atoms with van der Waals surface area (Å²) in [7, 11) is 0. The van der Waals surface area contributed by atoms with E-state index in [4.69, 9.17) is 10.2 Å². The van der Waals surface area contributed by atoms with Crippen LogP contribution in [0.15, 0.2) is 0 Å². The van der Waals surface area contributed by atoms with Crippen LogP contribution in [0, 0.1) is 5.92 Å². The summed E-state index contributed by atoms with van der Waals surface area (Å²) in [6.07, 6.45) is 76.3. The summed E-state index contributed by atoms with van der Waals surface area (Å²) in [6.45, 7) is 9.48. The highest BCUT2D eigenvalue weighted by Crippen LogP contribution is 2.21. The first kappa shape index (κ1) is 74.1. The normalized spacial score (nSPS) is 11.6. The van der Waals surface area contributed by atoms with Gasteiger partial charge in [-0.25, -0.2) is 0 Å². The Morgan fingerprint density at radius 3 is 0.592 bits per heavy atom. The Morgan fingerprint density at radius 1 is 0.254 bits per heavy atom. The largest absolute Gasteiger partial charge is 0.481 e. The molecule has 428 valence electrons. The number of hydrogen-bond acceptors (Lipinski definition) is 3. The maximum absolute atomic E-state index is 11.6. The fourth-order valence-corrected chi connectivity index (χ4v) is 10.2. The Morgan fingerprint density at radius 2 is 0.423 bits per heavy atom. The first-order valence-corrected chi connectivity index (χ1v) is 33.0. The van der Waals surface area contributed by atoms with Crippen molar-refractivity contribution in [1.29, 1.82) is 0 Å². The zero-order chi connectivity index (χ0) is 52.5. The van der Waals surface area contributed by atoms with Gasteiger partial charge in [0.2, 0.25) is 0 Å². The van der Waals surface area contributed by atoms with Gasteiger partial charge in [0.05, 0.1) is 5.92 Å². The summed E-state index contributed by atoms with van der Waals surface area (Å²) < 4.78 is 0. The number of aliphatic hydroxyl groups excluding tert-OH is 1. The summed E-state index contributed by atoms with van der Waals surface area (Å²) in [6, 6.07) is 0. The van der Waals surface area contributed by atoms with Crippen LogP contribution in [0.3, 0.4) is 0 Å². The van der Waals surface area contributed by atoms with Gasteiger partial charge in [0.15, 0.2) is 0 Å². The molecule has 0 saturated carbocycles. The second-order valence-electron chi connectivity index (χ2n) is 22.5. The molecule has 0 amide bonds. The minimum atomic E-state index is -0.653. The Balaban J connectivity index is -0.00000106. The van der Waals surface area contributed by atoms with Gasteiger partial charge in [0, 0.05) is 13.0 Å². The molecule has 0 aromatic rings. The van der Waals surface area contributed by atoms with Gasteiger partial charge < -0.3 is 15.3 Å². The van der Waals surface area contributed by atoms with Crippen LogP contribution in [-0.4, -0.2) is 33.9 Å². The molecule has 0 heterocycles. The van der Waals surface area contributed by atoms with E-state index in [2.05, 4.69) is 27.7 Å². The van der Waals surface area contributed by atoms with E-state index in [0.29, 0.717) is 13.0 Å². The van der Waals surface area contributed by atoms with Gasteiger partial charge in [0.25, 0.3) is 0 Å². The highest BCUT2D eigenvalue weighted by molar-refractivity contribution is 5.69. The molecule has 0 aliphatic carbocycles. The molecular formula is C66H134O5. The molecular weight excluding hydrogens is 873 g/mol. The molecule has 0 fully saturated rings. The predicted molar refractivity (Wildman–Crippen MR) is 316 cm³/mol. The zero-order valence-electron chi connectivity index (χ0n) is 49.5. The number of carboxylic acids is 2. The second kappa shape index (κ2) is 71.0. The highest BCUT2D eigenvalue weighted by atomic mass is 16.4. The number of carbonyl (C=O) groups is 2. The summed E-state index contributed by atoms with van der Waals surface area (Å²) in [5.74, 6) is -1.31. The van der Waals surface area contributed by atoms with Crippen molar-refractivity contribution in [2.75, 3.05) is 6.61 Å². The molecule has 0 aromatic carbocycles. The zero-order valence-corrected chi connectivity index (χ0v) is 49.5. The van der Waals surface area contributed by atoms with Gasteiger partial charge >= 0.3 is 11.9 Å². The van der Waals surface area contributed by atoms with Crippen molar-refractivity contribution in [2.45, 2.75) is 400 Å². The van der Waals surface area contributed by atoms with Crippen LogP contribution in [0.5, 0.6) is 0 Å². The number of hydrogen-bond donors (Lipinski definition) is 3. The highest BCUT2D eigenvalue weighted by Gasteiger charge is 2.16. The lowest BCUT2D eigenvalue weighted by molar-refractivity contribution is -0.142. The lowest BCUT2D eigenvalue weighted by Crippen LogP contribution is -2.13. The predicted octanol–water partition coefficient (Wildman–Crippen LogP) is 23.4. The van der Waals surface area contributed by atoms with E-state index in [-0.39, 0.29) is 5.92 Å². The lowest BCUT2D eigenvalue weighted by atomic mass is 9.94. The Kier molecular flexibility index (Phi) is 74.1. The number of aliphatic carboxylic acids is 2. The fourth-order valence-electron chi connectivity index (χ4n) is 10.2. The first-order valence-electron chi connectivity index (χ1n) is 33.0. The molecule has 1 unspecified atom stereocenters. The molecule has 5 nitrogen and oxygen atoms in total. The molecule has 0 spiro atoms. The van der Waals surface area contributed by atoms with Crippen LogP contribution in [0.25, 0.3) is 0 Å². The van der Waals surface area contributed by atoms with E-state index in [1.54, 1.807) is 0 Å². The molecule has 0 radical (unpaired) electrons. The fraction of sp³-hybridized carbons (Fsp3) is 0.970. The van der Waals surface area contributed by atoms with E-state index in [9.17, 15) is 14.7 Å². The van der Waals surface area contributed by atoms with E-state index >= 15 is 0 Å². The molecule has 3 N–H and O–H groups in total. The minimum absolute atomic E-state index is 0.0968. The smallest absolute Gasteiger partial charge is 0.306 e. The van der Waals surface area contributed by atoms with Gasteiger partial charge in [-0.3, -0.25) is 9.59 Å². The average molecular weight is 1010 g/mol. The Hall–Kier alpha value is -1.10. The number of unbranched alkanes of at least 4 members (excludes halogenated alkanes) is 51. The van der Waals surface area contributed by atoms with Gasteiger partial charge in [0.1, 0.15) is 0 Å². The average Bonchev–Trinajstić information content (AvgIpc) is 3.36. The maximum atomic E-state index is 11.6. The quantitative estimate of drug-likeness (QED) is 0.0528. The standard InChI is InChI=1S/C32H64O2.C18H36O2.C16H34O/c1-3-5-7-9-11-13-15-17-18-20-22-24-26-28-30-31(32(33)34)29-27-25-23-21-19-16-14-12-10-8-6-4-2;1-2-3-4-5-6-7-8-9-10-11-12-13-14-15-16-17-18(19)20;1-2-3-4-5-6-7-8-9-10-11-12-13-14-15-16-17/h31H,3-30H2,1-2H3,(H,33,34);2-17H2,1H3,(H,19,20);17H,2-16H2,1H3. The summed E-state index contributed by atoms with van der Waals surface area (Å²) in [5, 5.41) is 26.7. The Bertz CT molecular complexity index is 923. The third-order valence-corrected chi connectivity index (χ3v) is 15.2. The first-order chi connectivity index (χ1) is 34.9. The van der Waals surface area contributed by atoms with E-state index < -0.39 is 11.9 Å². The van der Waals surface area contributed by atoms with Crippen molar-refractivity contribution in [3.05, 3.63) is 0 Å². The minimum Gasteiger partial charge on any atom is -0.481 e. The third-order valence-electron chi connectivity index (χ3n) is 15.2. The van der Waals surface area contributed by atoms with Crippen molar-refractivity contribution >= 4 is 11.9 Å². The molecule has 5 heteroatoms. The van der Waals surface area contributed by atoms with Gasteiger partial charge in [-0.15, -0.1) is 0 Å². The van der Waals surface area contributed by atoms with Crippen LogP contribution in [0.4, 0.5) is 0 Å². The van der Waals surface area contributed by atoms with E-state index in [0.717, 1.165) is 44.9 Å². The maximum Gasteiger partial charge on any atom is 0.306 e. The number of aliphatic hydroxyl groups is 1. The van der Waals surface area contributed by atoms with Crippen molar-refractivity contribution in [3.8, 4) is 0 Å². The molecule has 0 rings (SSSR count). The van der Waals surface area contributed by atoms with Crippen molar-refractivity contribution < 1.29 is 24.9 Å². The lowest BCUT2D eigenvalue weighted by Gasteiger charge is -2.12. The van der Waals surface area contributed by atoms with E-state index in [1.165, 1.54) is 321 Å². The molecule has 0 aliphatic heterocycles. The van der Waals surface area contributed by atoms with Crippen LogP contribution < -0.4 is 0 Å². The molecule has 71 heavy (non-hydrogen) atoms. The van der Waals surface area contributed by atoms with Gasteiger partial charge in [-0.2, -0.15) is 0 Å². The monoisotopic (exact) mass is 1010 g/mol. The molecule has 0 saturated heterocycles. The van der Waals surface area contributed by atoms with Gasteiger partial charge in [-0.05, 0) is 25.7 Å². The number of carboxylic acid groups (broad SMARTS) is 2. The van der Waals surface area contributed by atoms with Crippen LogP contribution >= 0.6 is 0 Å². The van der Waals surface area contributed by atoms with Crippen molar-refractivity contribution in [3.63, 3.8) is 0 Å². The van der Waals surface area contributed by atoms with Crippen LogP contribution in [0.1, 0.15) is 400 Å². The van der Waals surface area contributed by atoms with Crippen molar-refractivity contribution in [2.24, 2.45) is 5.92 Å². The Labute approximate surface area is 447 Å². The van der Waals surface area contributed by atoms with E-state index in [1.807, 2.05) is 0 Å². The molecule has 0 bridgehead atoms. The summed E-state index contributed by atoms with van der Waals surface area (Å²) >= 11 is 0. The molecule has 1 atom stereocenters.